The SMILES string of the molecule is COC(=O)C1(C)CCOCC1.COC(=O)NC(C(=O)O)C1(C)CCOCC1. The normalized spacial score (nSPS) is 21.6. The van der Waals surface area contributed by atoms with Crippen molar-refractivity contribution in [3.63, 3.8) is 0 Å². The molecule has 0 aliphatic carbocycles. The molecule has 2 aliphatic heterocycles. The Balaban J connectivity index is 0.000000289. The molecular weight excluding hydrogens is 358 g/mol. The minimum atomic E-state index is -1.05. The van der Waals surface area contributed by atoms with E-state index in [1.807, 2.05) is 13.8 Å². The van der Waals surface area contributed by atoms with Crippen molar-refractivity contribution in [3.8, 4) is 0 Å². The average Bonchev–Trinajstić information content (AvgIpc) is 2.66. The fraction of sp³-hybridized carbons (Fsp3) is 0.833. The summed E-state index contributed by atoms with van der Waals surface area (Å²) in [7, 11) is 2.64. The fourth-order valence-electron chi connectivity index (χ4n) is 3.11. The van der Waals surface area contributed by atoms with Gasteiger partial charge in [0.25, 0.3) is 0 Å². The molecule has 27 heavy (non-hydrogen) atoms. The third-order valence-electron chi connectivity index (χ3n) is 5.30. The Hall–Kier alpha value is -1.87. The lowest BCUT2D eigenvalue weighted by Crippen LogP contribution is -2.53. The molecule has 0 bridgehead atoms. The predicted octanol–water partition coefficient (Wildman–Crippen LogP) is 1.59. The summed E-state index contributed by atoms with van der Waals surface area (Å²) in [6.07, 6.45) is 2.04. The molecule has 2 aliphatic rings. The second kappa shape index (κ2) is 10.5. The zero-order valence-corrected chi connectivity index (χ0v) is 16.5. The first-order valence-electron chi connectivity index (χ1n) is 9.00. The topological polar surface area (TPSA) is 120 Å². The second-order valence-corrected chi connectivity index (χ2v) is 7.34. The van der Waals surface area contributed by atoms with Crippen LogP contribution in [0.15, 0.2) is 0 Å². The van der Waals surface area contributed by atoms with Gasteiger partial charge in [0.1, 0.15) is 6.04 Å². The van der Waals surface area contributed by atoms with Gasteiger partial charge in [-0.05, 0) is 32.6 Å². The van der Waals surface area contributed by atoms with E-state index in [-0.39, 0.29) is 11.4 Å². The van der Waals surface area contributed by atoms with Crippen molar-refractivity contribution in [3.05, 3.63) is 0 Å². The van der Waals surface area contributed by atoms with Gasteiger partial charge in [0, 0.05) is 31.8 Å². The maximum absolute atomic E-state index is 11.2. The number of esters is 1. The molecule has 9 heteroatoms. The smallest absolute Gasteiger partial charge is 0.407 e. The zero-order valence-electron chi connectivity index (χ0n) is 16.5. The molecule has 1 amide bonds. The largest absolute Gasteiger partial charge is 0.480 e. The number of methoxy groups -OCH3 is 2. The molecule has 2 N–H and O–H groups in total. The maximum Gasteiger partial charge on any atom is 0.407 e. The van der Waals surface area contributed by atoms with Crippen molar-refractivity contribution < 1.29 is 38.4 Å². The van der Waals surface area contributed by atoms with Gasteiger partial charge < -0.3 is 29.4 Å². The molecule has 0 radical (unpaired) electrons. The van der Waals surface area contributed by atoms with Crippen molar-refractivity contribution >= 4 is 18.0 Å². The van der Waals surface area contributed by atoms with Gasteiger partial charge >= 0.3 is 18.0 Å². The monoisotopic (exact) mass is 389 g/mol. The number of carboxylic acid groups (broad SMARTS) is 1. The first-order valence-corrected chi connectivity index (χ1v) is 9.00. The molecule has 1 unspecified atom stereocenters. The number of alkyl carbamates (subject to hydrolysis) is 1. The molecule has 2 fully saturated rings. The molecule has 0 spiro atoms. The van der Waals surface area contributed by atoms with Gasteiger partial charge in [-0.1, -0.05) is 6.92 Å². The summed E-state index contributed by atoms with van der Waals surface area (Å²) in [5.41, 5.74) is -0.786. The van der Waals surface area contributed by atoms with E-state index in [1.165, 1.54) is 14.2 Å². The number of carbonyl (C=O) groups is 3. The van der Waals surface area contributed by atoms with E-state index in [4.69, 9.17) is 19.3 Å². The summed E-state index contributed by atoms with van der Waals surface area (Å²) in [5.74, 6) is -1.16. The Bertz CT molecular complexity index is 509. The minimum absolute atomic E-state index is 0.110. The summed E-state index contributed by atoms with van der Waals surface area (Å²) < 4.78 is 19.5. The number of aliphatic carboxylic acids is 1. The van der Waals surface area contributed by atoms with Gasteiger partial charge in [0.2, 0.25) is 0 Å². The summed E-state index contributed by atoms with van der Waals surface area (Å²) >= 11 is 0. The molecular formula is C18H31NO8. The molecule has 2 saturated heterocycles. The van der Waals surface area contributed by atoms with Crippen molar-refractivity contribution in [1.82, 2.24) is 5.32 Å². The highest BCUT2D eigenvalue weighted by Crippen LogP contribution is 2.34. The Morgan fingerprint density at radius 3 is 1.81 bits per heavy atom. The van der Waals surface area contributed by atoms with Crippen LogP contribution in [0, 0.1) is 10.8 Å². The van der Waals surface area contributed by atoms with Crippen LogP contribution in [-0.4, -0.2) is 69.8 Å². The van der Waals surface area contributed by atoms with E-state index < -0.39 is 23.5 Å². The highest BCUT2D eigenvalue weighted by atomic mass is 16.5. The molecule has 1 atom stereocenters. The summed E-state index contributed by atoms with van der Waals surface area (Å²) in [6.45, 7) is 6.15. The standard InChI is InChI=1S/C10H17NO5.C8H14O3/c1-10(3-5-16-6-4-10)7(8(12)13)11-9(14)15-2;1-8(7(9)10-2)3-5-11-6-4-8/h7H,3-6H2,1-2H3,(H,11,14)(H,12,13);3-6H2,1-2H3. The lowest BCUT2D eigenvalue weighted by atomic mass is 9.75. The Kier molecular flexibility index (Phi) is 8.98. The Morgan fingerprint density at radius 2 is 1.41 bits per heavy atom. The van der Waals surface area contributed by atoms with Gasteiger partial charge in [0.05, 0.1) is 19.6 Å². The molecule has 0 aromatic heterocycles. The van der Waals surface area contributed by atoms with E-state index in [9.17, 15) is 14.4 Å². The van der Waals surface area contributed by atoms with Crippen molar-refractivity contribution in [2.24, 2.45) is 10.8 Å². The van der Waals surface area contributed by atoms with Gasteiger partial charge in [-0.25, -0.2) is 9.59 Å². The van der Waals surface area contributed by atoms with E-state index in [2.05, 4.69) is 10.1 Å². The summed E-state index contributed by atoms with van der Waals surface area (Å²) in [4.78, 5) is 33.4. The molecule has 0 saturated carbocycles. The van der Waals surface area contributed by atoms with Crippen LogP contribution in [0.25, 0.3) is 0 Å². The predicted molar refractivity (Wildman–Crippen MR) is 95.3 cm³/mol. The van der Waals surface area contributed by atoms with Crippen molar-refractivity contribution in [1.29, 1.82) is 0 Å². The quantitative estimate of drug-likeness (QED) is 0.696. The van der Waals surface area contributed by atoms with Crippen molar-refractivity contribution in [2.75, 3.05) is 40.6 Å². The van der Waals surface area contributed by atoms with Gasteiger partial charge in [-0.15, -0.1) is 0 Å². The third-order valence-corrected chi connectivity index (χ3v) is 5.30. The summed E-state index contributed by atoms with van der Waals surface area (Å²) in [6, 6.07) is -0.941. The van der Waals surface area contributed by atoms with E-state index >= 15 is 0 Å². The highest BCUT2D eigenvalue weighted by molar-refractivity contribution is 5.80. The minimum Gasteiger partial charge on any atom is -0.480 e. The molecule has 156 valence electrons. The van der Waals surface area contributed by atoms with E-state index in [1.54, 1.807) is 0 Å². The number of carboxylic acids is 1. The number of rotatable bonds is 4. The van der Waals surface area contributed by atoms with Gasteiger partial charge in [0.15, 0.2) is 0 Å². The number of hydrogen-bond acceptors (Lipinski definition) is 7. The van der Waals surface area contributed by atoms with Gasteiger partial charge in [-0.3, -0.25) is 4.79 Å². The van der Waals surface area contributed by atoms with Crippen LogP contribution in [-0.2, 0) is 28.5 Å². The molecule has 2 heterocycles. The number of amides is 1. The van der Waals surface area contributed by atoms with Crippen LogP contribution in [0.4, 0.5) is 4.79 Å². The first kappa shape index (κ1) is 23.2. The second-order valence-electron chi connectivity index (χ2n) is 7.34. The maximum atomic E-state index is 11.2. The Labute approximate surface area is 159 Å². The third kappa shape index (κ3) is 6.66. The molecule has 2 rings (SSSR count). The Morgan fingerprint density at radius 1 is 0.926 bits per heavy atom. The van der Waals surface area contributed by atoms with Crippen LogP contribution in [0.2, 0.25) is 0 Å². The zero-order chi connectivity index (χ0) is 20.5. The van der Waals surface area contributed by atoms with E-state index in [0.29, 0.717) is 39.3 Å². The number of hydrogen-bond donors (Lipinski definition) is 2. The molecule has 0 aromatic carbocycles. The average molecular weight is 389 g/mol. The number of ether oxygens (including phenoxy) is 4. The first-order chi connectivity index (χ1) is 12.7. The fourth-order valence-corrected chi connectivity index (χ4v) is 3.11. The lowest BCUT2D eigenvalue weighted by Gasteiger charge is -2.38. The molecule has 0 aromatic rings. The van der Waals surface area contributed by atoms with Crippen molar-refractivity contribution in [2.45, 2.75) is 45.6 Å². The van der Waals surface area contributed by atoms with Crippen LogP contribution >= 0.6 is 0 Å². The molecule has 9 nitrogen and oxygen atoms in total. The lowest BCUT2D eigenvalue weighted by molar-refractivity contribution is -0.157. The van der Waals surface area contributed by atoms with Crippen LogP contribution < -0.4 is 5.32 Å². The highest BCUT2D eigenvalue weighted by Gasteiger charge is 2.41. The van der Waals surface area contributed by atoms with Crippen LogP contribution in [0.1, 0.15) is 39.5 Å². The number of nitrogens with one attached hydrogen (secondary N) is 1. The van der Waals surface area contributed by atoms with Crippen LogP contribution in [0.5, 0.6) is 0 Å². The van der Waals surface area contributed by atoms with E-state index in [0.717, 1.165) is 12.8 Å². The summed E-state index contributed by atoms with van der Waals surface area (Å²) in [5, 5.41) is 11.5. The van der Waals surface area contributed by atoms with Crippen LogP contribution in [0.3, 0.4) is 0 Å². The number of carbonyl (C=O) groups excluding carboxylic acids is 2. The van der Waals surface area contributed by atoms with Gasteiger partial charge in [-0.2, -0.15) is 0 Å².